The molecule has 0 unspecified atom stereocenters. The Labute approximate surface area is 252 Å². The van der Waals surface area contributed by atoms with Gasteiger partial charge in [0.1, 0.15) is 5.84 Å². The molecule has 2 heterocycles. The molecule has 9 aromatic rings. The highest BCUT2D eigenvalue weighted by atomic mass is 32.1. The van der Waals surface area contributed by atoms with Crippen molar-refractivity contribution in [2.24, 2.45) is 0 Å². The molecular formula is C40H26N2S. The van der Waals surface area contributed by atoms with E-state index in [-0.39, 0.29) is 0 Å². The fourth-order valence-electron chi connectivity index (χ4n) is 6.98. The molecule has 0 fully saturated rings. The Bertz CT molecular complexity index is 2510. The second-order valence-corrected chi connectivity index (χ2v) is 12.4. The van der Waals surface area contributed by atoms with E-state index in [1.165, 1.54) is 64.3 Å². The van der Waals surface area contributed by atoms with Crippen molar-refractivity contribution in [1.29, 1.82) is 5.41 Å². The Morgan fingerprint density at radius 1 is 0.488 bits per heavy atom. The molecule has 7 aromatic carbocycles. The second kappa shape index (κ2) is 9.12. The lowest BCUT2D eigenvalue weighted by Crippen LogP contribution is -2.11. The highest BCUT2D eigenvalue weighted by Crippen LogP contribution is 2.40. The predicted molar refractivity (Wildman–Crippen MR) is 186 cm³/mol. The minimum Gasteiger partial charge on any atom is -0.293 e. The predicted octanol–water partition coefficient (Wildman–Crippen LogP) is 11.3. The first-order valence-electron chi connectivity index (χ1n) is 14.6. The maximum absolute atomic E-state index is 9.45. The van der Waals surface area contributed by atoms with Crippen LogP contribution < -0.4 is 0 Å². The van der Waals surface area contributed by atoms with Crippen LogP contribution in [-0.4, -0.2) is 10.4 Å². The standard InChI is InChI=1S/C40H26N2S/c1-24-34-22-26(25-18-20-31-29-12-3-2-10-27(29)28-11-4-5-13-30(28)35(31)23-25)19-21-38(34)43-39(24)40(41)42-36-16-8-6-14-32(36)33-15-7-9-17-37(33)42/h2-23,41H,1H3. The van der Waals surface area contributed by atoms with E-state index >= 15 is 0 Å². The minimum absolute atomic E-state index is 0.529. The van der Waals surface area contributed by atoms with Crippen molar-refractivity contribution in [3.63, 3.8) is 0 Å². The van der Waals surface area contributed by atoms with Crippen molar-refractivity contribution >= 4 is 81.4 Å². The molecular weight excluding hydrogens is 541 g/mol. The highest BCUT2D eigenvalue weighted by molar-refractivity contribution is 7.21. The van der Waals surface area contributed by atoms with Gasteiger partial charge in [-0.1, -0.05) is 103 Å². The summed E-state index contributed by atoms with van der Waals surface area (Å²) in [5, 5.41) is 20.8. The molecule has 0 saturated heterocycles. The van der Waals surface area contributed by atoms with Crippen LogP contribution in [0.15, 0.2) is 133 Å². The summed E-state index contributed by atoms with van der Waals surface area (Å²) in [5.74, 6) is 0.529. The first-order chi connectivity index (χ1) is 21.2. The molecule has 202 valence electrons. The molecule has 3 heteroatoms. The largest absolute Gasteiger partial charge is 0.293 e. The number of fused-ring (bicyclic) bond motifs is 10. The third-order valence-corrected chi connectivity index (χ3v) is 10.3. The summed E-state index contributed by atoms with van der Waals surface area (Å²) in [6.07, 6.45) is 0. The number of nitrogens with one attached hydrogen (secondary N) is 1. The molecule has 9 rings (SSSR count). The fraction of sp³-hybridized carbons (Fsp3) is 0.0250. The monoisotopic (exact) mass is 566 g/mol. The first kappa shape index (κ1) is 24.4. The van der Waals surface area contributed by atoms with E-state index in [9.17, 15) is 5.41 Å². The molecule has 0 amide bonds. The number of aromatic nitrogens is 1. The Morgan fingerprint density at radius 2 is 0.930 bits per heavy atom. The van der Waals surface area contributed by atoms with Gasteiger partial charge in [0.15, 0.2) is 0 Å². The van der Waals surface area contributed by atoms with Crippen molar-refractivity contribution in [2.45, 2.75) is 6.92 Å². The molecule has 2 aromatic heterocycles. The molecule has 0 aliphatic rings. The van der Waals surface area contributed by atoms with E-state index in [4.69, 9.17) is 0 Å². The number of para-hydroxylation sites is 2. The molecule has 0 saturated carbocycles. The smallest absolute Gasteiger partial charge is 0.147 e. The maximum Gasteiger partial charge on any atom is 0.147 e. The Hall–Kier alpha value is -5.25. The zero-order valence-electron chi connectivity index (χ0n) is 23.6. The topological polar surface area (TPSA) is 28.8 Å². The van der Waals surface area contributed by atoms with Crippen molar-refractivity contribution in [3.05, 3.63) is 144 Å². The van der Waals surface area contributed by atoms with Crippen LogP contribution in [-0.2, 0) is 0 Å². The summed E-state index contributed by atoms with van der Waals surface area (Å²) in [6, 6.07) is 48.0. The third-order valence-electron chi connectivity index (χ3n) is 9.03. The van der Waals surface area contributed by atoms with E-state index in [1.807, 2.05) is 0 Å². The second-order valence-electron chi connectivity index (χ2n) is 11.3. The number of thiophene rings is 1. The van der Waals surface area contributed by atoms with Crippen molar-refractivity contribution in [2.75, 3.05) is 0 Å². The average Bonchev–Trinajstić information content (AvgIpc) is 3.59. The van der Waals surface area contributed by atoms with Crippen molar-refractivity contribution in [1.82, 2.24) is 4.57 Å². The SMILES string of the molecule is Cc1c(C(=N)n2c3ccccc3c3ccccc32)sc2ccc(-c3ccc4c5ccccc5c5ccccc5c4c3)cc12. The van der Waals surface area contributed by atoms with Crippen LogP contribution in [0, 0.1) is 12.3 Å². The van der Waals surface area contributed by atoms with Gasteiger partial charge in [0.05, 0.1) is 15.9 Å². The Morgan fingerprint density at radius 3 is 1.51 bits per heavy atom. The number of rotatable bonds is 2. The molecule has 0 aliphatic carbocycles. The van der Waals surface area contributed by atoms with Gasteiger partial charge in [-0.15, -0.1) is 11.3 Å². The summed E-state index contributed by atoms with van der Waals surface area (Å²) in [6.45, 7) is 2.17. The van der Waals surface area contributed by atoms with Crippen LogP contribution >= 0.6 is 11.3 Å². The van der Waals surface area contributed by atoms with Gasteiger partial charge in [-0.05, 0) is 91.6 Å². The molecule has 0 spiro atoms. The average molecular weight is 567 g/mol. The minimum atomic E-state index is 0.529. The summed E-state index contributed by atoms with van der Waals surface area (Å²) in [5.41, 5.74) is 5.71. The van der Waals surface area contributed by atoms with Crippen LogP contribution in [0.1, 0.15) is 10.4 Å². The van der Waals surface area contributed by atoms with Crippen LogP contribution in [0.3, 0.4) is 0 Å². The highest BCUT2D eigenvalue weighted by Gasteiger charge is 2.19. The van der Waals surface area contributed by atoms with Crippen LogP contribution in [0.4, 0.5) is 0 Å². The van der Waals surface area contributed by atoms with Crippen LogP contribution in [0.25, 0.3) is 75.3 Å². The van der Waals surface area contributed by atoms with E-state index in [2.05, 4.69) is 145 Å². The number of nitrogens with zero attached hydrogens (tertiary/aromatic N) is 1. The van der Waals surface area contributed by atoms with Crippen molar-refractivity contribution in [3.8, 4) is 11.1 Å². The zero-order valence-corrected chi connectivity index (χ0v) is 24.4. The first-order valence-corrected chi connectivity index (χ1v) is 15.4. The van der Waals surface area contributed by atoms with Crippen molar-refractivity contribution < 1.29 is 0 Å². The molecule has 0 radical (unpaired) electrons. The lowest BCUT2D eigenvalue weighted by molar-refractivity contribution is 1.23. The van der Waals surface area contributed by atoms with Gasteiger partial charge >= 0.3 is 0 Å². The summed E-state index contributed by atoms with van der Waals surface area (Å²) >= 11 is 1.71. The van der Waals surface area contributed by atoms with Gasteiger partial charge in [0.25, 0.3) is 0 Å². The van der Waals surface area contributed by atoms with E-state index in [1.54, 1.807) is 11.3 Å². The zero-order chi connectivity index (χ0) is 28.7. The summed E-state index contributed by atoms with van der Waals surface area (Å²) < 4.78 is 3.32. The van der Waals surface area contributed by atoms with Gasteiger partial charge in [-0.2, -0.15) is 0 Å². The Kier molecular flexibility index (Phi) is 5.17. The van der Waals surface area contributed by atoms with Gasteiger partial charge in [-0.25, -0.2) is 0 Å². The molecule has 0 atom stereocenters. The van der Waals surface area contributed by atoms with Crippen LogP contribution in [0.2, 0.25) is 0 Å². The van der Waals surface area contributed by atoms with Gasteiger partial charge in [0.2, 0.25) is 0 Å². The van der Waals surface area contributed by atoms with Crippen LogP contribution in [0.5, 0.6) is 0 Å². The normalized spacial score (nSPS) is 11.9. The number of aryl methyl sites for hydroxylation is 1. The summed E-state index contributed by atoms with van der Waals surface area (Å²) in [4.78, 5) is 1.01. The Balaban J connectivity index is 1.21. The van der Waals surface area contributed by atoms with E-state index in [0.29, 0.717) is 5.84 Å². The lowest BCUT2D eigenvalue weighted by Gasteiger charge is -2.12. The van der Waals surface area contributed by atoms with E-state index < -0.39 is 0 Å². The molecule has 0 bridgehead atoms. The molecule has 43 heavy (non-hydrogen) atoms. The molecule has 0 aliphatic heterocycles. The fourth-order valence-corrected chi connectivity index (χ4v) is 8.11. The quantitative estimate of drug-likeness (QED) is 0.122. The van der Waals surface area contributed by atoms with E-state index in [0.717, 1.165) is 21.5 Å². The van der Waals surface area contributed by atoms with Gasteiger partial charge in [-0.3, -0.25) is 9.98 Å². The third kappa shape index (κ3) is 3.49. The lowest BCUT2D eigenvalue weighted by atomic mass is 9.92. The number of hydrogen-bond donors (Lipinski definition) is 1. The van der Waals surface area contributed by atoms with Gasteiger partial charge in [0, 0.05) is 15.5 Å². The molecule has 1 N–H and O–H groups in total. The summed E-state index contributed by atoms with van der Waals surface area (Å²) in [7, 11) is 0. The molecule has 2 nitrogen and oxygen atoms in total. The van der Waals surface area contributed by atoms with Gasteiger partial charge < -0.3 is 0 Å². The number of hydrogen-bond acceptors (Lipinski definition) is 2. The number of benzene rings is 7. The maximum atomic E-state index is 9.45.